The lowest BCUT2D eigenvalue weighted by molar-refractivity contribution is 0.102. The summed E-state index contributed by atoms with van der Waals surface area (Å²) in [6.45, 7) is 8.23. The number of hydrogen-bond donors (Lipinski definition) is 1. The number of hydrogen-bond acceptors (Lipinski definition) is 7. The van der Waals surface area contributed by atoms with E-state index in [9.17, 15) is 4.79 Å². The largest absolute Gasteiger partial charge is 0.296 e. The lowest BCUT2D eigenvalue weighted by atomic mass is 10.1. The number of carbonyl (C=O) groups excluding carboxylic acids is 1. The molecule has 7 nitrogen and oxygen atoms in total. The number of fused-ring (bicyclic) bond motifs is 1. The molecule has 0 atom stereocenters. The molecule has 9 heteroatoms. The van der Waals surface area contributed by atoms with Crippen molar-refractivity contribution in [1.29, 1.82) is 0 Å². The Bertz CT molecular complexity index is 1320. The van der Waals surface area contributed by atoms with Crippen molar-refractivity contribution in [2.75, 3.05) is 5.32 Å². The van der Waals surface area contributed by atoms with Crippen LogP contribution in [0, 0.1) is 6.92 Å². The Morgan fingerprint density at radius 1 is 1.21 bits per heavy atom. The number of thioether (sulfide) groups is 1. The fraction of sp³-hybridized carbons (Fsp3) is 0.375. The van der Waals surface area contributed by atoms with Crippen LogP contribution in [0.2, 0.25) is 0 Å². The van der Waals surface area contributed by atoms with E-state index in [0.717, 1.165) is 45.4 Å². The maximum Gasteiger partial charge on any atom is 0.258 e. The molecule has 1 aromatic carbocycles. The summed E-state index contributed by atoms with van der Waals surface area (Å²) in [6.07, 6.45) is 2.22. The first kappa shape index (κ1) is 22.0. The van der Waals surface area contributed by atoms with Crippen molar-refractivity contribution in [1.82, 2.24) is 25.0 Å². The molecule has 1 saturated carbocycles. The van der Waals surface area contributed by atoms with Gasteiger partial charge in [0.15, 0.2) is 9.99 Å². The molecule has 1 N–H and O–H groups in total. The Morgan fingerprint density at radius 2 is 1.97 bits per heavy atom. The van der Waals surface area contributed by atoms with Crippen molar-refractivity contribution in [3.63, 3.8) is 0 Å². The molecule has 0 unspecified atom stereocenters. The number of aromatic nitrogens is 5. The number of aryl methyl sites for hydroxylation is 1. The first-order valence-electron chi connectivity index (χ1n) is 11.0. The fourth-order valence-electron chi connectivity index (χ4n) is 3.75. The van der Waals surface area contributed by atoms with Crippen LogP contribution in [0.1, 0.15) is 66.8 Å². The van der Waals surface area contributed by atoms with E-state index in [1.54, 1.807) is 11.8 Å². The highest BCUT2D eigenvalue weighted by molar-refractivity contribution is 8.00. The minimum Gasteiger partial charge on any atom is -0.296 e. The number of carbonyl (C=O) groups is 1. The Morgan fingerprint density at radius 3 is 2.67 bits per heavy atom. The number of nitrogens with one attached hydrogen (secondary N) is 1. The van der Waals surface area contributed by atoms with Crippen LogP contribution in [-0.4, -0.2) is 30.9 Å². The van der Waals surface area contributed by atoms with E-state index in [0.29, 0.717) is 16.6 Å². The van der Waals surface area contributed by atoms with Crippen molar-refractivity contribution in [3.8, 4) is 0 Å². The quantitative estimate of drug-likeness (QED) is 0.280. The lowest BCUT2D eigenvalue weighted by Gasteiger charge is -2.20. The third kappa shape index (κ3) is 4.65. The second-order valence-corrected chi connectivity index (χ2v) is 11.5. The van der Waals surface area contributed by atoms with Gasteiger partial charge in [0.25, 0.3) is 5.91 Å². The number of benzene rings is 1. The van der Waals surface area contributed by atoms with Crippen LogP contribution in [0.5, 0.6) is 0 Å². The summed E-state index contributed by atoms with van der Waals surface area (Å²) in [7, 11) is 0. The Labute approximate surface area is 201 Å². The van der Waals surface area contributed by atoms with Gasteiger partial charge in [0.05, 0.1) is 22.2 Å². The Kier molecular flexibility index (Phi) is 5.70. The van der Waals surface area contributed by atoms with Gasteiger partial charge in [-0.25, -0.2) is 9.67 Å². The number of anilines is 1. The van der Waals surface area contributed by atoms with Crippen molar-refractivity contribution >= 4 is 45.2 Å². The van der Waals surface area contributed by atoms with Crippen LogP contribution < -0.4 is 5.32 Å². The minimum absolute atomic E-state index is 0.198. The molecule has 1 fully saturated rings. The summed E-state index contributed by atoms with van der Waals surface area (Å²) in [5.41, 5.74) is 4.13. The summed E-state index contributed by atoms with van der Waals surface area (Å²) in [5.74, 6) is 1.04. The van der Waals surface area contributed by atoms with Gasteiger partial charge in [-0.3, -0.25) is 10.1 Å². The van der Waals surface area contributed by atoms with Gasteiger partial charge in [-0.05, 0) is 52.2 Å². The number of rotatable bonds is 6. The predicted octanol–water partition coefficient (Wildman–Crippen LogP) is 5.77. The van der Waals surface area contributed by atoms with E-state index in [-0.39, 0.29) is 11.4 Å². The standard InChI is InChI=1S/C24H26N6OS2/c1-14-19-17(12-18(16-10-11-16)25-20(19)30(29-14)24(2,3)4)21(31)26-22-27-28-23(33-22)32-13-15-8-6-5-7-9-15/h5-9,12,16H,10-11,13H2,1-4H3,(H,26,27,31). The van der Waals surface area contributed by atoms with Crippen molar-refractivity contribution in [2.45, 2.75) is 62.1 Å². The zero-order valence-corrected chi connectivity index (χ0v) is 20.8. The van der Waals surface area contributed by atoms with Crippen LogP contribution in [0.3, 0.4) is 0 Å². The van der Waals surface area contributed by atoms with Crippen LogP contribution >= 0.6 is 23.1 Å². The number of amides is 1. The van der Waals surface area contributed by atoms with E-state index in [4.69, 9.17) is 10.1 Å². The smallest absolute Gasteiger partial charge is 0.258 e. The number of nitrogens with zero attached hydrogens (tertiary/aromatic N) is 5. The maximum absolute atomic E-state index is 13.4. The molecule has 1 aliphatic carbocycles. The van der Waals surface area contributed by atoms with E-state index in [1.165, 1.54) is 16.9 Å². The van der Waals surface area contributed by atoms with Gasteiger partial charge in [0.2, 0.25) is 5.13 Å². The van der Waals surface area contributed by atoms with Gasteiger partial charge >= 0.3 is 0 Å². The maximum atomic E-state index is 13.4. The van der Waals surface area contributed by atoms with Crippen molar-refractivity contribution in [3.05, 3.63) is 58.9 Å². The topological polar surface area (TPSA) is 85.6 Å². The average Bonchev–Trinajstić information content (AvgIpc) is 3.45. The van der Waals surface area contributed by atoms with Crippen LogP contribution in [0.15, 0.2) is 40.7 Å². The fourth-order valence-corrected chi connectivity index (χ4v) is 5.45. The molecule has 0 aliphatic heterocycles. The van der Waals surface area contributed by atoms with Crippen molar-refractivity contribution < 1.29 is 4.79 Å². The predicted molar refractivity (Wildman–Crippen MR) is 133 cm³/mol. The molecule has 0 spiro atoms. The van der Waals surface area contributed by atoms with Crippen LogP contribution in [0.4, 0.5) is 5.13 Å². The molecular weight excluding hydrogens is 452 g/mol. The van der Waals surface area contributed by atoms with E-state index in [2.05, 4.69) is 48.4 Å². The lowest BCUT2D eigenvalue weighted by Crippen LogP contribution is -2.23. The first-order chi connectivity index (χ1) is 15.8. The van der Waals surface area contributed by atoms with Crippen LogP contribution in [0.25, 0.3) is 11.0 Å². The Balaban J connectivity index is 1.42. The third-order valence-corrected chi connectivity index (χ3v) is 7.58. The second-order valence-electron chi connectivity index (χ2n) is 9.34. The molecule has 0 bridgehead atoms. The average molecular weight is 479 g/mol. The van der Waals surface area contributed by atoms with Gasteiger partial charge < -0.3 is 0 Å². The van der Waals surface area contributed by atoms with Gasteiger partial charge in [-0.1, -0.05) is 53.4 Å². The van der Waals surface area contributed by atoms with E-state index >= 15 is 0 Å². The molecule has 5 rings (SSSR count). The molecule has 170 valence electrons. The minimum atomic E-state index is -0.237. The second kappa shape index (κ2) is 8.53. The third-order valence-electron chi connectivity index (χ3n) is 5.54. The highest BCUT2D eigenvalue weighted by Crippen LogP contribution is 2.41. The van der Waals surface area contributed by atoms with Gasteiger partial charge in [-0.15, -0.1) is 10.2 Å². The molecule has 3 aromatic heterocycles. The monoisotopic (exact) mass is 478 g/mol. The molecule has 3 heterocycles. The van der Waals surface area contributed by atoms with Gasteiger partial charge in [-0.2, -0.15) is 5.10 Å². The molecule has 1 aliphatic rings. The van der Waals surface area contributed by atoms with Crippen molar-refractivity contribution in [2.24, 2.45) is 0 Å². The highest BCUT2D eigenvalue weighted by atomic mass is 32.2. The summed E-state index contributed by atoms with van der Waals surface area (Å²) >= 11 is 3.00. The SMILES string of the molecule is Cc1nn(C(C)(C)C)c2nc(C3CC3)cc(C(=O)Nc3nnc(SCc4ccccc4)s3)c12. The first-order valence-corrected chi connectivity index (χ1v) is 12.8. The zero-order chi connectivity index (χ0) is 23.2. The summed E-state index contributed by atoms with van der Waals surface area (Å²) < 4.78 is 2.76. The Hall–Kier alpha value is -2.78. The normalized spacial score (nSPS) is 14.1. The molecular formula is C24H26N6OS2. The van der Waals surface area contributed by atoms with Gasteiger partial charge in [0, 0.05) is 17.4 Å². The number of pyridine rings is 1. The molecule has 1 amide bonds. The highest BCUT2D eigenvalue weighted by Gasteiger charge is 2.30. The van der Waals surface area contributed by atoms with E-state index < -0.39 is 0 Å². The molecule has 0 radical (unpaired) electrons. The molecule has 33 heavy (non-hydrogen) atoms. The van der Waals surface area contributed by atoms with Gasteiger partial charge in [0.1, 0.15) is 0 Å². The molecule has 4 aromatic rings. The van der Waals surface area contributed by atoms with E-state index in [1.807, 2.05) is 35.9 Å². The summed E-state index contributed by atoms with van der Waals surface area (Å²) in [5, 5.41) is 17.4. The van der Waals surface area contributed by atoms with Crippen LogP contribution in [-0.2, 0) is 11.3 Å². The summed E-state index contributed by atoms with van der Waals surface area (Å²) in [4.78, 5) is 18.3. The molecule has 0 saturated heterocycles. The summed E-state index contributed by atoms with van der Waals surface area (Å²) in [6, 6.07) is 12.2. The zero-order valence-electron chi connectivity index (χ0n) is 19.1.